The van der Waals surface area contributed by atoms with Crippen LogP contribution in [0.2, 0.25) is 0 Å². The van der Waals surface area contributed by atoms with Gasteiger partial charge in [-0.25, -0.2) is 0 Å². The van der Waals surface area contributed by atoms with E-state index in [4.69, 9.17) is 5.73 Å². The highest BCUT2D eigenvalue weighted by Crippen LogP contribution is 2.17. The number of anilines is 3. The second kappa shape index (κ2) is 7.87. The third kappa shape index (κ3) is 4.21. The van der Waals surface area contributed by atoms with Gasteiger partial charge in [0, 0.05) is 26.2 Å². The van der Waals surface area contributed by atoms with Gasteiger partial charge in [0.1, 0.15) is 0 Å². The SMILES string of the molecule is CCC(C)CN(CC)c1nc(N)nc(N(CC)CC)n1. The van der Waals surface area contributed by atoms with Crippen molar-refractivity contribution < 1.29 is 0 Å². The minimum Gasteiger partial charge on any atom is -0.368 e. The first-order valence-corrected chi connectivity index (χ1v) is 7.56. The van der Waals surface area contributed by atoms with Gasteiger partial charge in [0.25, 0.3) is 0 Å². The third-order valence-electron chi connectivity index (χ3n) is 3.57. The topological polar surface area (TPSA) is 71.2 Å². The molecule has 0 aliphatic carbocycles. The van der Waals surface area contributed by atoms with Crippen molar-refractivity contribution in [3.05, 3.63) is 0 Å². The highest BCUT2D eigenvalue weighted by molar-refractivity contribution is 5.43. The van der Waals surface area contributed by atoms with E-state index in [1.165, 1.54) is 0 Å². The van der Waals surface area contributed by atoms with Crippen LogP contribution in [0.1, 0.15) is 41.0 Å². The van der Waals surface area contributed by atoms with Crippen LogP contribution in [0.15, 0.2) is 0 Å². The van der Waals surface area contributed by atoms with E-state index in [0.29, 0.717) is 23.8 Å². The van der Waals surface area contributed by atoms with Crippen LogP contribution in [0.4, 0.5) is 17.8 Å². The predicted molar refractivity (Wildman–Crippen MR) is 85.1 cm³/mol. The molecule has 0 radical (unpaired) electrons. The van der Waals surface area contributed by atoms with Crippen LogP contribution in [-0.4, -0.2) is 41.1 Å². The number of hydrogen-bond donors (Lipinski definition) is 1. The lowest BCUT2D eigenvalue weighted by molar-refractivity contribution is 0.542. The van der Waals surface area contributed by atoms with Gasteiger partial charge in [0.05, 0.1) is 0 Å². The van der Waals surface area contributed by atoms with E-state index in [1.54, 1.807) is 0 Å². The predicted octanol–water partition coefficient (Wildman–Crippen LogP) is 2.17. The summed E-state index contributed by atoms with van der Waals surface area (Å²) in [4.78, 5) is 17.4. The number of aromatic nitrogens is 3. The van der Waals surface area contributed by atoms with Crippen molar-refractivity contribution in [3.8, 4) is 0 Å². The molecule has 1 unspecified atom stereocenters. The van der Waals surface area contributed by atoms with Gasteiger partial charge < -0.3 is 15.5 Å². The first-order valence-electron chi connectivity index (χ1n) is 7.56. The summed E-state index contributed by atoms with van der Waals surface area (Å²) >= 11 is 0. The third-order valence-corrected chi connectivity index (χ3v) is 3.57. The zero-order valence-electron chi connectivity index (χ0n) is 13.4. The number of nitrogens with zero attached hydrogens (tertiary/aromatic N) is 5. The Balaban J connectivity index is 3.03. The molecule has 6 heteroatoms. The van der Waals surface area contributed by atoms with Crippen molar-refractivity contribution in [2.75, 3.05) is 41.7 Å². The fourth-order valence-corrected chi connectivity index (χ4v) is 2.02. The standard InChI is InChI=1S/C14H28N6/c1-6-11(5)10-20(9-4)14-17-12(15)16-13(18-14)19(7-2)8-3/h11H,6-10H2,1-5H3,(H2,15,16,17,18). The molecule has 0 aliphatic rings. The van der Waals surface area contributed by atoms with Gasteiger partial charge in [-0.15, -0.1) is 0 Å². The number of hydrogen-bond acceptors (Lipinski definition) is 6. The van der Waals surface area contributed by atoms with E-state index in [1.807, 2.05) is 0 Å². The molecule has 0 spiro atoms. The van der Waals surface area contributed by atoms with Crippen LogP contribution in [0.5, 0.6) is 0 Å². The summed E-state index contributed by atoms with van der Waals surface area (Å²) in [5.41, 5.74) is 5.85. The minimum absolute atomic E-state index is 0.291. The van der Waals surface area contributed by atoms with Crippen LogP contribution in [0, 0.1) is 5.92 Å². The molecule has 2 N–H and O–H groups in total. The van der Waals surface area contributed by atoms with Gasteiger partial charge >= 0.3 is 0 Å². The van der Waals surface area contributed by atoms with Gasteiger partial charge in [-0.2, -0.15) is 15.0 Å². The molecular formula is C14H28N6. The smallest absolute Gasteiger partial charge is 0.231 e. The lowest BCUT2D eigenvalue weighted by atomic mass is 10.1. The van der Waals surface area contributed by atoms with Crippen LogP contribution in [-0.2, 0) is 0 Å². The Bertz CT molecular complexity index is 405. The zero-order chi connectivity index (χ0) is 15.1. The molecule has 20 heavy (non-hydrogen) atoms. The fraction of sp³-hybridized carbons (Fsp3) is 0.786. The molecule has 1 aromatic rings. The maximum Gasteiger partial charge on any atom is 0.231 e. The van der Waals surface area contributed by atoms with Crippen LogP contribution in [0.3, 0.4) is 0 Å². The summed E-state index contributed by atoms with van der Waals surface area (Å²) in [6.45, 7) is 14.2. The molecular weight excluding hydrogens is 252 g/mol. The average Bonchev–Trinajstić information content (AvgIpc) is 2.45. The van der Waals surface area contributed by atoms with Crippen molar-refractivity contribution in [2.24, 2.45) is 5.92 Å². The zero-order valence-corrected chi connectivity index (χ0v) is 13.4. The fourth-order valence-electron chi connectivity index (χ4n) is 2.02. The largest absolute Gasteiger partial charge is 0.368 e. The quantitative estimate of drug-likeness (QED) is 0.787. The van der Waals surface area contributed by atoms with Crippen LogP contribution >= 0.6 is 0 Å². The average molecular weight is 280 g/mol. The number of rotatable bonds is 8. The molecule has 1 atom stereocenters. The molecule has 0 amide bonds. The summed E-state index contributed by atoms with van der Waals surface area (Å²) in [6.07, 6.45) is 1.14. The Hall–Kier alpha value is -1.59. The molecule has 0 fully saturated rings. The van der Waals surface area contributed by atoms with Crippen molar-refractivity contribution in [1.29, 1.82) is 0 Å². The first kappa shape index (κ1) is 16.5. The lowest BCUT2D eigenvalue weighted by Gasteiger charge is -2.26. The van der Waals surface area contributed by atoms with Crippen LogP contribution < -0.4 is 15.5 Å². The molecule has 0 saturated carbocycles. The van der Waals surface area contributed by atoms with E-state index >= 15 is 0 Å². The van der Waals surface area contributed by atoms with Crippen molar-refractivity contribution in [1.82, 2.24) is 15.0 Å². The molecule has 1 rings (SSSR count). The summed E-state index contributed by atoms with van der Waals surface area (Å²) in [6, 6.07) is 0. The summed E-state index contributed by atoms with van der Waals surface area (Å²) in [7, 11) is 0. The Morgan fingerprint density at radius 2 is 1.40 bits per heavy atom. The van der Waals surface area contributed by atoms with Gasteiger partial charge in [-0.1, -0.05) is 20.3 Å². The lowest BCUT2D eigenvalue weighted by Crippen LogP contribution is -2.32. The van der Waals surface area contributed by atoms with E-state index in [0.717, 1.165) is 32.6 Å². The normalized spacial score (nSPS) is 12.2. The van der Waals surface area contributed by atoms with Crippen molar-refractivity contribution in [3.63, 3.8) is 0 Å². The van der Waals surface area contributed by atoms with E-state index < -0.39 is 0 Å². The van der Waals surface area contributed by atoms with Crippen molar-refractivity contribution >= 4 is 17.8 Å². The van der Waals surface area contributed by atoms with E-state index in [2.05, 4.69) is 59.4 Å². The minimum atomic E-state index is 0.291. The molecule has 0 bridgehead atoms. The summed E-state index contributed by atoms with van der Waals surface area (Å²) in [5.74, 6) is 2.24. The highest BCUT2D eigenvalue weighted by Gasteiger charge is 2.15. The number of nitrogen functional groups attached to an aromatic ring is 1. The Morgan fingerprint density at radius 1 is 0.900 bits per heavy atom. The maximum atomic E-state index is 5.85. The highest BCUT2D eigenvalue weighted by atomic mass is 15.3. The molecule has 114 valence electrons. The maximum absolute atomic E-state index is 5.85. The van der Waals surface area contributed by atoms with E-state index in [-0.39, 0.29) is 0 Å². The molecule has 1 aromatic heterocycles. The van der Waals surface area contributed by atoms with Gasteiger partial charge in [0.15, 0.2) is 0 Å². The Labute approximate surface area is 122 Å². The Morgan fingerprint density at radius 3 is 1.85 bits per heavy atom. The van der Waals surface area contributed by atoms with Gasteiger partial charge in [-0.3, -0.25) is 0 Å². The van der Waals surface area contributed by atoms with E-state index in [9.17, 15) is 0 Å². The molecule has 0 saturated heterocycles. The second-order valence-corrected chi connectivity index (χ2v) is 5.02. The first-order chi connectivity index (χ1) is 9.55. The van der Waals surface area contributed by atoms with Gasteiger partial charge in [0.2, 0.25) is 17.8 Å². The summed E-state index contributed by atoms with van der Waals surface area (Å²) in [5, 5.41) is 0. The van der Waals surface area contributed by atoms with Gasteiger partial charge in [-0.05, 0) is 26.7 Å². The molecule has 1 heterocycles. The second-order valence-electron chi connectivity index (χ2n) is 5.02. The van der Waals surface area contributed by atoms with Crippen LogP contribution in [0.25, 0.3) is 0 Å². The monoisotopic (exact) mass is 280 g/mol. The molecule has 0 aliphatic heterocycles. The van der Waals surface area contributed by atoms with Crippen molar-refractivity contribution in [2.45, 2.75) is 41.0 Å². The number of nitrogens with two attached hydrogens (primary N) is 1. The molecule has 0 aromatic carbocycles. The molecule has 6 nitrogen and oxygen atoms in total. The Kier molecular flexibility index (Phi) is 6.48. The summed E-state index contributed by atoms with van der Waals surface area (Å²) < 4.78 is 0.